The molecule has 1 aromatic rings. The summed E-state index contributed by atoms with van der Waals surface area (Å²) < 4.78 is 0. The molecule has 3 heterocycles. The zero-order valence-electron chi connectivity index (χ0n) is 12.0. The summed E-state index contributed by atoms with van der Waals surface area (Å²) in [4.78, 5) is 39.2. The molecule has 0 unspecified atom stereocenters. The molecule has 3 rings (SSSR count). The first-order chi connectivity index (χ1) is 9.91. The second-order valence-corrected chi connectivity index (χ2v) is 6.89. The molecule has 0 radical (unpaired) electrons. The van der Waals surface area contributed by atoms with E-state index in [0.29, 0.717) is 25.9 Å². The molecule has 112 valence electrons. The summed E-state index contributed by atoms with van der Waals surface area (Å²) in [6.45, 7) is 4.94. The molecule has 2 saturated heterocycles. The fourth-order valence-corrected chi connectivity index (χ4v) is 3.81. The van der Waals surface area contributed by atoms with Crippen molar-refractivity contribution in [1.29, 1.82) is 0 Å². The third kappa shape index (κ3) is 2.31. The van der Waals surface area contributed by atoms with Gasteiger partial charge >= 0.3 is 6.03 Å². The smallest absolute Gasteiger partial charge is 0.322 e. The number of nitrogens with zero attached hydrogens (tertiary/aromatic N) is 1. The monoisotopic (exact) mass is 307 g/mol. The van der Waals surface area contributed by atoms with Gasteiger partial charge in [-0.05, 0) is 38.3 Å². The van der Waals surface area contributed by atoms with E-state index in [1.54, 1.807) is 4.90 Å². The maximum Gasteiger partial charge on any atom is 0.322 e. The normalized spacial score (nSPS) is 20.6. The number of imide groups is 1. The predicted octanol–water partition coefficient (Wildman–Crippen LogP) is 1.18. The molecule has 1 aromatic heterocycles. The number of amides is 4. The first kappa shape index (κ1) is 14.1. The Kier molecular flexibility index (Phi) is 3.24. The van der Waals surface area contributed by atoms with Gasteiger partial charge in [-0.2, -0.15) is 0 Å². The first-order valence-electron chi connectivity index (χ1n) is 6.91. The van der Waals surface area contributed by atoms with Crippen molar-refractivity contribution in [2.75, 3.05) is 13.1 Å². The van der Waals surface area contributed by atoms with Crippen molar-refractivity contribution < 1.29 is 14.4 Å². The summed E-state index contributed by atoms with van der Waals surface area (Å²) >= 11 is 1.50. The zero-order chi connectivity index (χ0) is 15.2. The van der Waals surface area contributed by atoms with Gasteiger partial charge in [0.25, 0.3) is 11.8 Å². The Labute approximate surface area is 126 Å². The Morgan fingerprint density at radius 2 is 1.95 bits per heavy atom. The number of rotatable bonds is 1. The van der Waals surface area contributed by atoms with Crippen molar-refractivity contribution in [1.82, 2.24) is 15.5 Å². The molecule has 0 aromatic carbocycles. The lowest BCUT2D eigenvalue weighted by atomic mass is 9.87. The van der Waals surface area contributed by atoms with Gasteiger partial charge in [-0.15, -0.1) is 11.3 Å². The van der Waals surface area contributed by atoms with E-state index < -0.39 is 11.6 Å². The Bertz CT molecular complexity index is 610. The maximum absolute atomic E-state index is 12.5. The molecule has 2 N–H and O–H groups in total. The highest BCUT2D eigenvalue weighted by Crippen LogP contribution is 2.28. The minimum absolute atomic E-state index is 0.00998. The van der Waals surface area contributed by atoms with Crippen molar-refractivity contribution in [2.24, 2.45) is 0 Å². The SMILES string of the molecule is Cc1cc(C(=O)N2CCC3(CC2)NC(=O)NC3=O)sc1C. The summed E-state index contributed by atoms with van der Waals surface area (Å²) in [6, 6.07) is 1.47. The summed E-state index contributed by atoms with van der Waals surface area (Å²) in [5.74, 6) is -0.266. The van der Waals surface area contributed by atoms with Gasteiger partial charge in [0.2, 0.25) is 0 Å². The van der Waals surface area contributed by atoms with Crippen LogP contribution in [0.5, 0.6) is 0 Å². The minimum atomic E-state index is -0.824. The number of thiophene rings is 1. The standard InChI is InChI=1S/C14H17N3O3S/c1-8-7-10(21-9(8)2)11(18)17-5-3-14(4-6-17)12(19)15-13(20)16-14/h7H,3-6H2,1-2H3,(H2,15,16,19,20). The Balaban J connectivity index is 1.70. The number of hydrogen-bond donors (Lipinski definition) is 2. The molecule has 0 saturated carbocycles. The third-order valence-corrected chi connectivity index (χ3v) is 5.44. The zero-order valence-corrected chi connectivity index (χ0v) is 12.8. The van der Waals surface area contributed by atoms with E-state index in [2.05, 4.69) is 10.6 Å². The van der Waals surface area contributed by atoms with Crippen LogP contribution in [0.2, 0.25) is 0 Å². The van der Waals surface area contributed by atoms with Crippen LogP contribution < -0.4 is 10.6 Å². The van der Waals surface area contributed by atoms with Gasteiger partial charge in [0, 0.05) is 18.0 Å². The molecule has 0 bridgehead atoms. The van der Waals surface area contributed by atoms with Gasteiger partial charge < -0.3 is 10.2 Å². The average Bonchev–Trinajstić information content (AvgIpc) is 2.91. The van der Waals surface area contributed by atoms with Gasteiger partial charge in [-0.25, -0.2) is 4.79 Å². The van der Waals surface area contributed by atoms with Crippen LogP contribution in [0.3, 0.4) is 0 Å². The number of likely N-dealkylation sites (tertiary alicyclic amines) is 1. The fourth-order valence-electron chi connectivity index (χ4n) is 2.81. The van der Waals surface area contributed by atoms with E-state index in [1.807, 2.05) is 19.9 Å². The summed E-state index contributed by atoms with van der Waals surface area (Å²) in [5.41, 5.74) is 0.300. The predicted molar refractivity (Wildman–Crippen MR) is 78.3 cm³/mol. The summed E-state index contributed by atoms with van der Waals surface area (Å²) in [6.07, 6.45) is 0.916. The fraction of sp³-hybridized carbons (Fsp3) is 0.500. The van der Waals surface area contributed by atoms with Crippen LogP contribution in [0.15, 0.2) is 6.07 Å². The topological polar surface area (TPSA) is 78.5 Å². The molecule has 2 aliphatic rings. The molecule has 1 spiro atoms. The number of aryl methyl sites for hydroxylation is 2. The van der Waals surface area contributed by atoms with Gasteiger partial charge in [0.05, 0.1) is 4.88 Å². The number of urea groups is 1. The molecule has 0 aliphatic carbocycles. The highest BCUT2D eigenvalue weighted by molar-refractivity contribution is 7.14. The van der Waals surface area contributed by atoms with Crippen LogP contribution in [0, 0.1) is 13.8 Å². The van der Waals surface area contributed by atoms with Crippen molar-refractivity contribution >= 4 is 29.2 Å². The average molecular weight is 307 g/mol. The molecule has 7 heteroatoms. The first-order valence-corrected chi connectivity index (χ1v) is 7.73. The van der Waals surface area contributed by atoms with E-state index in [-0.39, 0.29) is 11.8 Å². The molecule has 2 fully saturated rings. The van der Waals surface area contributed by atoms with Crippen molar-refractivity contribution in [3.63, 3.8) is 0 Å². The van der Waals surface area contributed by atoms with Crippen molar-refractivity contribution in [2.45, 2.75) is 32.2 Å². The molecular weight excluding hydrogens is 290 g/mol. The van der Waals surface area contributed by atoms with Crippen LogP contribution in [0.4, 0.5) is 4.79 Å². The molecular formula is C14H17N3O3S. The quantitative estimate of drug-likeness (QED) is 0.765. The van der Waals surface area contributed by atoms with E-state index in [9.17, 15) is 14.4 Å². The maximum atomic E-state index is 12.5. The van der Waals surface area contributed by atoms with Crippen LogP contribution in [-0.4, -0.2) is 41.4 Å². The van der Waals surface area contributed by atoms with Crippen LogP contribution >= 0.6 is 11.3 Å². The third-order valence-electron chi connectivity index (χ3n) is 4.30. The van der Waals surface area contributed by atoms with Crippen molar-refractivity contribution in [3.05, 3.63) is 21.4 Å². The lowest BCUT2D eigenvalue weighted by molar-refractivity contribution is -0.125. The van der Waals surface area contributed by atoms with Crippen LogP contribution in [-0.2, 0) is 4.79 Å². The number of nitrogens with one attached hydrogen (secondary N) is 2. The van der Waals surface area contributed by atoms with Crippen molar-refractivity contribution in [3.8, 4) is 0 Å². The van der Waals surface area contributed by atoms with Crippen LogP contribution in [0.25, 0.3) is 0 Å². The second-order valence-electron chi connectivity index (χ2n) is 5.63. The minimum Gasteiger partial charge on any atom is -0.338 e. The Morgan fingerprint density at radius 1 is 1.29 bits per heavy atom. The van der Waals surface area contributed by atoms with Gasteiger partial charge in [0.1, 0.15) is 5.54 Å². The van der Waals surface area contributed by atoms with E-state index >= 15 is 0 Å². The van der Waals surface area contributed by atoms with Gasteiger partial charge in [0.15, 0.2) is 0 Å². The van der Waals surface area contributed by atoms with Gasteiger partial charge in [-0.1, -0.05) is 0 Å². The molecule has 2 aliphatic heterocycles. The number of hydrogen-bond acceptors (Lipinski definition) is 4. The molecule has 6 nitrogen and oxygen atoms in total. The molecule has 21 heavy (non-hydrogen) atoms. The summed E-state index contributed by atoms with van der Waals surface area (Å²) in [7, 11) is 0. The highest BCUT2D eigenvalue weighted by Gasteiger charge is 2.48. The van der Waals surface area contributed by atoms with E-state index in [1.165, 1.54) is 11.3 Å². The Hall–Kier alpha value is -1.89. The number of carbonyl (C=O) groups excluding carboxylic acids is 3. The van der Waals surface area contributed by atoms with Crippen LogP contribution in [0.1, 0.15) is 33.0 Å². The number of piperidine rings is 1. The number of carbonyl (C=O) groups is 3. The largest absolute Gasteiger partial charge is 0.338 e. The molecule has 4 amide bonds. The second kappa shape index (κ2) is 4.84. The summed E-state index contributed by atoms with van der Waals surface area (Å²) in [5, 5.41) is 4.97. The Morgan fingerprint density at radius 3 is 2.43 bits per heavy atom. The molecule has 0 atom stereocenters. The highest BCUT2D eigenvalue weighted by atomic mass is 32.1. The van der Waals surface area contributed by atoms with Gasteiger partial charge in [-0.3, -0.25) is 14.9 Å². The van der Waals surface area contributed by atoms with E-state index in [0.717, 1.165) is 15.3 Å². The lowest BCUT2D eigenvalue weighted by Crippen LogP contribution is -2.55. The lowest BCUT2D eigenvalue weighted by Gasteiger charge is -2.36. The van der Waals surface area contributed by atoms with E-state index in [4.69, 9.17) is 0 Å².